The number of nitrogens with one attached hydrogen (secondary N) is 1. The van der Waals surface area contributed by atoms with Crippen LogP contribution in [0, 0.1) is 5.92 Å². The maximum Gasteiger partial charge on any atom is 0.237 e. The SMILES string of the molecule is CCCNC(=O)[C@@H](C)N1CCC(C(=O)c2ccc(OC)cc2)CC1. The highest BCUT2D eigenvalue weighted by Gasteiger charge is 2.29. The molecule has 1 aromatic rings. The molecule has 1 aliphatic rings. The molecule has 0 unspecified atom stereocenters. The lowest BCUT2D eigenvalue weighted by atomic mass is 9.88. The lowest BCUT2D eigenvalue weighted by Crippen LogP contribution is -2.49. The Kier molecular flexibility index (Phi) is 6.79. The van der Waals surface area contributed by atoms with Crippen molar-refractivity contribution in [3.05, 3.63) is 29.8 Å². The molecule has 1 amide bonds. The van der Waals surface area contributed by atoms with Crippen LogP contribution in [-0.2, 0) is 4.79 Å². The highest BCUT2D eigenvalue weighted by atomic mass is 16.5. The largest absolute Gasteiger partial charge is 0.497 e. The zero-order valence-electron chi connectivity index (χ0n) is 14.9. The van der Waals surface area contributed by atoms with Crippen LogP contribution in [-0.4, -0.2) is 49.4 Å². The van der Waals surface area contributed by atoms with Crippen LogP contribution in [0.1, 0.15) is 43.5 Å². The zero-order valence-corrected chi connectivity index (χ0v) is 14.9. The molecule has 0 spiro atoms. The fourth-order valence-electron chi connectivity index (χ4n) is 3.10. The fourth-order valence-corrected chi connectivity index (χ4v) is 3.10. The third-order valence-corrected chi connectivity index (χ3v) is 4.75. The first-order valence-corrected chi connectivity index (χ1v) is 8.76. The van der Waals surface area contributed by atoms with Gasteiger partial charge in [0.25, 0.3) is 0 Å². The minimum Gasteiger partial charge on any atom is -0.497 e. The van der Waals surface area contributed by atoms with Crippen molar-refractivity contribution in [3.8, 4) is 5.75 Å². The van der Waals surface area contributed by atoms with Crippen LogP contribution >= 0.6 is 0 Å². The number of rotatable bonds is 7. The molecule has 1 atom stereocenters. The van der Waals surface area contributed by atoms with Gasteiger partial charge in [0.2, 0.25) is 5.91 Å². The molecule has 1 fully saturated rings. The van der Waals surface area contributed by atoms with Gasteiger partial charge in [-0.1, -0.05) is 6.92 Å². The first-order chi connectivity index (χ1) is 11.6. The predicted molar refractivity (Wildman–Crippen MR) is 94.4 cm³/mol. The lowest BCUT2D eigenvalue weighted by molar-refractivity contribution is -0.126. The Morgan fingerprint density at radius 3 is 2.42 bits per heavy atom. The van der Waals surface area contributed by atoms with E-state index in [1.54, 1.807) is 7.11 Å². The summed E-state index contributed by atoms with van der Waals surface area (Å²) in [6.45, 7) is 6.27. The molecule has 132 valence electrons. The molecule has 24 heavy (non-hydrogen) atoms. The van der Waals surface area contributed by atoms with Crippen LogP contribution < -0.4 is 10.1 Å². The van der Waals surface area contributed by atoms with E-state index >= 15 is 0 Å². The van der Waals surface area contributed by atoms with E-state index in [9.17, 15) is 9.59 Å². The van der Waals surface area contributed by atoms with Crippen LogP contribution in [0.4, 0.5) is 0 Å². The molecule has 0 aliphatic carbocycles. The number of benzene rings is 1. The van der Waals surface area contributed by atoms with Gasteiger partial charge in [-0.3, -0.25) is 14.5 Å². The van der Waals surface area contributed by atoms with E-state index < -0.39 is 0 Å². The van der Waals surface area contributed by atoms with Gasteiger partial charge < -0.3 is 10.1 Å². The van der Waals surface area contributed by atoms with Crippen molar-refractivity contribution in [2.75, 3.05) is 26.7 Å². The summed E-state index contributed by atoms with van der Waals surface area (Å²) in [6.07, 6.45) is 2.55. The second kappa shape index (κ2) is 8.83. The van der Waals surface area contributed by atoms with Crippen LogP contribution in [0.2, 0.25) is 0 Å². The van der Waals surface area contributed by atoms with Crippen LogP contribution in [0.3, 0.4) is 0 Å². The topological polar surface area (TPSA) is 58.6 Å². The Hall–Kier alpha value is -1.88. The number of Topliss-reactive ketones (excluding diaryl/α,β-unsaturated/α-hetero) is 1. The van der Waals surface area contributed by atoms with Crippen LogP contribution in [0.15, 0.2) is 24.3 Å². The quantitative estimate of drug-likeness (QED) is 0.780. The van der Waals surface area contributed by atoms with Gasteiger partial charge in [0.05, 0.1) is 13.2 Å². The third-order valence-electron chi connectivity index (χ3n) is 4.75. The molecular formula is C19H28N2O3. The second-order valence-electron chi connectivity index (χ2n) is 6.37. The van der Waals surface area contributed by atoms with Crippen LogP contribution in [0.25, 0.3) is 0 Å². The smallest absolute Gasteiger partial charge is 0.237 e. The Morgan fingerprint density at radius 2 is 1.88 bits per heavy atom. The summed E-state index contributed by atoms with van der Waals surface area (Å²) in [4.78, 5) is 26.8. The molecule has 2 rings (SSSR count). The minimum atomic E-state index is -0.131. The number of nitrogens with zero attached hydrogens (tertiary/aromatic N) is 1. The van der Waals surface area contributed by atoms with Gasteiger partial charge in [0, 0.05) is 18.0 Å². The number of hydrogen-bond acceptors (Lipinski definition) is 4. The standard InChI is InChI=1S/C19H28N2O3/c1-4-11-20-19(23)14(2)21-12-9-16(10-13-21)18(22)15-5-7-17(24-3)8-6-15/h5-8,14,16H,4,9-13H2,1-3H3,(H,20,23)/t14-/m1/s1. The summed E-state index contributed by atoms with van der Waals surface area (Å²) < 4.78 is 5.13. The van der Waals surface area contributed by atoms with Crippen molar-refractivity contribution in [2.45, 2.75) is 39.2 Å². The van der Waals surface area contributed by atoms with Gasteiger partial charge in [0.1, 0.15) is 5.75 Å². The fraction of sp³-hybridized carbons (Fsp3) is 0.579. The minimum absolute atomic E-state index is 0.0422. The molecule has 1 aliphatic heterocycles. The molecule has 0 aromatic heterocycles. The number of ether oxygens (including phenoxy) is 1. The third kappa shape index (κ3) is 4.57. The maximum atomic E-state index is 12.6. The second-order valence-corrected chi connectivity index (χ2v) is 6.37. The van der Waals surface area contributed by atoms with Crippen molar-refractivity contribution >= 4 is 11.7 Å². The zero-order chi connectivity index (χ0) is 17.5. The first kappa shape index (κ1) is 18.5. The van der Waals surface area contributed by atoms with Gasteiger partial charge in [0.15, 0.2) is 5.78 Å². The van der Waals surface area contributed by atoms with Crippen LogP contribution in [0.5, 0.6) is 5.75 Å². The molecule has 1 aromatic carbocycles. The summed E-state index contributed by atoms with van der Waals surface area (Å²) in [5.41, 5.74) is 0.739. The highest BCUT2D eigenvalue weighted by Crippen LogP contribution is 2.24. The number of methoxy groups -OCH3 is 1. The number of likely N-dealkylation sites (tertiary alicyclic amines) is 1. The average Bonchev–Trinajstić information content (AvgIpc) is 2.65. The van der Waals surface area contributed by atoms with Crippen molar-refractivity contribution in [3.63, 3.8) is 0 Å². The molecule has 5 heteroatoms. The van der Waals surface area contributed by atoms with E-state index in [2.05, 4.69) is 10.2 Å². The van der Waals surface area contributed by atoms with Gasteiger partial charge in [-0.25, -0.2) is 0 Å². The van der Waals surface area contributed by atoms with Crippen molar-refractivity contribution < 1.29 is 14.3 Å². The van der Waals surface area contributed by atoms with Crippen molar-refractivity contribution in [2.24, 2.45) is 5.92 Å². The van der Waals surface area contributed by atoms with E-state index in [-0.39, 0.29) is 23.7 Å². The van der Waals surface area contributed by atoms with Crippen molar-refractivity contribution in [1.29, 1.82) is 0 Å². The highest BCUT2D eigenvalue weighted by molar-refractivity contribution is 5.98. The Morgan fingerprint density at radius 1 is 1.25 bits per heavy atom. The summed E-state index contributed by atoms with van der Waals surface area (Å²) in [6, 6.07) is 7.17. The summed E-state index contributed by atoms with van der Waals surface area (Å²) in [7, 11) is 1.62. The van der Waals surface area contributed by atoms with Gasteiger partial charge in [-0.2, -0.15) is 0 Å². The molecule has 0 bridgehead atoms. The van der Waals surface area contributed by atoms with E-state index in [4.69, 9.17) is 4.74 Å². The van der Waals surface area contributed by atoms with E-state index in [1.165, 1.54) is 0 Å². The van der Waals surface area contributed by atoms with Gasteiger partial charge in [-0.05, 0) is 63.5 Å². The van der Waals surface area contributed by atoms with E-state index in [0.717, 1.165) is 50.2 Å². The number of piperidine rings is 1. The summed E-state index contributed by atoms with van der Waals surface area (Å²) in [5, 5.41) is 2.94. The lowest BCUT2D eigenvalue weighted by Gasteiger charge is -2.34. The predicted octanol–water partition coefficient (Wildman–Crippen LogP) is 2.50. The number of ketones is 1. The number of amides is 1. The molecular weight excluding hydrogens is 304 g/mol. The van der Waals surface area contributed by atoms with Gasteiger partial charge >= 0.3 is 0 Å². The van der Waals surface area contributed by atoms with E-state index in [1.807, 2.05) is 38.1 Å². The number of carbonyl (C=O) groups excluding carboxylic acids is 2. The summed E-state index contributed by atoms with van der Waals surface area (Å²) in [5.74, 6) is 1.08. The Bertz CT molecular complexity index is 548. The molecule has 1 heterocycles. The normalized spacial score (nSPS) is 17.3. The monoisotopic (exact) mass is 332 g/mol. The molecule has 1 saturated heterocycles. The first-order valence-electron chi connectivity index (χ1n) is 8.76. The summed E-state index contributed by atoms with van der Waals surface area (Å²) >= 11 is 0. The Balaban J connectivity index is 1.87. The molecule has 5 nitrogen and oxygen atoms in total. The molecule has 0 saturated carbocycles. The molecule has 1 N–H and O–H groups in total. The average molecular weight is 332 g/mol. The van der Waals surface area contributed by atoms with Gasteiger partial charge in [-0.15, -0.1) is 0 Å². The number of carbonyl (C=O) groups is 2. The Labute approximate surface area is 144 Å². The number of hydrogen-bond donors (Lipinski definition) is 1. The van der Waals surface area contributed by atoms with E-state index in [0.29, 0.717) is 0 Å². The maximum absolute atomic E-state index is 12.6. The molecule has 0 radical (unpaired) electrons. The van der Waals surface area contributed by atoms with Crippen molar-refractivity contribution in [1.82, 2.24) is 10.2 Å².